The first-order valence-corrected chi connectivity index (χ1v) is 5.99. The lowest BCUT2D eigenvalue weighted by atomic mass is 10.0. The Balaban J connectivity index is 1.77. The van der Waals surface area contributed by atoms with E-state index in [1.54, 1.807) is 11.1 Å². The monoisotopic (exact) mass is 252 g/mol. The molecule has 0 radical (unpaired) electrons. The summed E-state index contributed by atoms with van der Waals surface area (Å²) < 4.78 is 1.49. The molecule has 1 aliphatic heterocycles. The van der Waals surface area contributed by atoms with Gasteiger partial charge in [0.1, 0.15) is 6.54 Å². The molecule has 1 aromatic rings. The molecule has 0 aromatic carbocycles. The summed E-state index contributed by atoms with van der Waals surface area (Å²) in [5.74, 6) is -0.457. The maximum Gasteiger partial charge on any atom is 0.303 e. The molecule has 1 aromatic heterocycles. The third-order valence-corrected chi connectivity index (χ3v) is 3.17. The highest BCUT2D eigenvalue weighted by Crippen LogP contribution is 2.21. The van der Waals surface area contributed by atoms with Gasteiger partial charge in [-0.2, -0.15) is 0 Å². The summed E-state index contributed by atoms with van der Waals surface area (Å²) in [6.07, 6.45) is 4.89. The summed E-state index contributed by atoms with van der Waals surface area (Å²) in [5.41, 5.74) is 0. The van der Waals surface area contributed by atoms with Crippen LogP contribution in [0.4, 0.5) is 0 Å². The van der Waals surface area contributed by atoms with Crippen LogP contribution in [0.25, 0.3) is 0 Å². The van der Waals surface area contributed by atoms with Crippen molar-refractivity contribution >= 4 is 11.9 Å². The van der Waals surface area contributed by atoms with E-state index >= 15 is 0 Å². The maximum atomic E-state index is 11.9. The number of carbonyl (C=O) groups excluding carboxylic acids is 1. The Morgan fingerprint density at radius 3 is 2.94 bits per heavy atom. The zero-order chi connectivity index (χ0) is 13.0. The van der Waals surface area contributed by atoms with Crippen molar-refractivity contribution in [3.63, 3.8) is 0 Å². The smallest absolute Gasteiger partial charge is 0.303 e. The molecule has 18 heavy (non-hydrogen) atoms. The van der Waals surface area contributed by atoms with Crippen molar-refractivity contribution in [3.05, 3.63) is 12.4 Å². The van der Waals surface area contributed by atoms with E-state index in [4.69, 9.17) is 5.11 Å². The second kappa shape index (κ2) is 5.61. The number of carboxylic acids is 1. The lowest BCUT2D eigenvalue weighted by Gasteiger charge is -2.16. The highest BCUT2D eigenvalue weighted by atomic mass is 16.4. The molecule has 0 saturated carbocycles. The van der Waals surface area contributed by atoms with Crippen LogP contribution in [0.15, 0.2) is 12.4 Å². The molecule has 98 valence electrons. The van der Waals surface area contributed by atoms with E-state index in [1.165, 1.54) is 10.9 Å². The summed E-state index contributed by atoms with van der Waals surface area (Å²) in [5, 5.41) is 16.0. The lowest BCUT2D eigenvalue weighted by molar-refractivity contribution is -0.137. The number of aliphatic carboxylic acids is 1. The first-order valence-electron chi connectivity index (χ1n) is 5.99. The van der Waals surface area contributed by atoms with Gasteiger partial charge in [0.05, 0.1) is 6.20 Å². The van der Waals surface area contributed by atoms with Gasteiger partial charge in [-0.05, 0) is 18.8 Å². The minimum absolute atomic E-state index is 0.0123. The molecule has 2 heterocycles. The molecular weight excluding hydrogens is 236 g/mol. The van der Waals surface area contributed by atoms with Gasteiger partial charge in [0, 0.05) is 25.7 Å². The Bertz CT molecular complexity index is 418. The van der Waals surface area contributed by atoms with Crippen LogP contribution in [0.3, 0.4) is 0 Å². The summed E-state index contributed by atoms with van der Waals surface area (Å²) in [6.45, 7) is 1.56. The molecule has 2 rings (SSSR count). The van der Waals surface area contributed by atoms with E-state index in [0.29, 0.717) is 25.4 Å². The maximum absolute atomic E-state index is 11.9. The molecule has 7 nitrogen and oxygen atoms in total. The van der Waals surface area contributed by atoms with E-state index in [2.05, 4.69) is 10.3 Å². The highest BCUT2D eigenvalue weighted by molar-refractivity contribution is 5.76. The van der Waals surface area contributed by atoms with Gasteiger partial charge < -0.3 is 10.0 Å². The molecule has 1 amide bonds. The number of hydrogen-bond acceptors (Lipinski definition) is 4. The third-order valence-electron chi connectivity index (χ3n) is 3.17. The van der Waals surface area contributed by atoms with Crippen LogP contribution in [0, 0.1) is 5.92 Å². The van der Waals surface area contributed by atoms with Crippen LogP contribution in [0.2, 0.25) is 0 Å². The molecule has 0 bridgehead atoms. The van der Waals surface area contributed by atoms with E-state index in [-0.39, 0.29) is 18.9 Å². The minimum atomic E-state index is -0.776. The predicted molar refractivity (Wildman–Crippen MR) is 61.6 cm³/mol. The molecule has 7 heteroatoms. The number of nitrogens with zero attached hydrogens (tertiary/aromatic N) is 4. The first kappa shape index (κ1) is 12.5. The van der Waals surface area contributed by atoms with Crippen LogP contribution in [0.5, 0.6) is 0 Å². The van der Waals surface area contributed by atoms with Gasteiger partial charge in [0.2, 0.25) is 5.91 Å². The number of amides is 1. The fourth-order valence-electron chi connectivity index (χ4n) is 2.18. The first-order chi connectivity index (χ1) is 8.65. The summed E-state index contributed by atoms with van der Waals surface area (Å²) >= 11 is 0. The fraction of sp³-hybridized carbons (Fsp3) is 0.636. The average molecular weight is 252 g/mol. The van der Waals surface area contributed by atoms with Crippen molar-refractivity contribution < 1.29 is 14.7 Å². The molecule has 1 aliphatic rings. The van der Waals surface area contributed by atoms with E-state index in [1.807, 2.05) is 0 Å². The quantitative estimate of drug-likeness (QED) is 0.796. The van der Waals surface area contributed by atoms with Crippen LogP contribution < -0.4 is 0 Å². The molecule has 1 N–H and O–H groups in total. The van der Waals surface area contributed by atoms with Crippen molar-refractivity contribution in [1.29, 1.82) is 0 Å². The predicted octanol–water partition coefficient (Wildman–Crippen LogP) is -0.00860. The van der Waals surface area contributed by atoms with Crippen molar-refractivity contribution in [2.24, 2.45) is 5.92 Å². The summed E-state index contributed by atoms with van der Waals surface area (Å²) in [7, 11) is 0. The van der Waals surface area contributed by atoms with Gasteiger partial charge >= 0.3 is 5.97 Å². The molecule has 0 aliphatic carbocycles. The second-order valence-electron chi connectivity index (χ2n) is 4.53. The van der Waals surface area contributed by atoms with Crippen LogP contribution in [-0.2, 0) is 16.1 Å². The van der Waals surface area contributed by atoms with Gasteiger partial charge in [-0.3, -0.25) is 9.59 Å². The Kier molecular flexibility index (Phi) is 3.91. The Morgan fingerprint density at radius 2 is 2.28 bits per heavy atom. The number of carbonyl (C=O) groups is 2. The standard InChI is InChI=1S/C11H16N4O3/c16-10(8-15-6-4-12-13-15)14-5-3-9(7-14)1-2-11(17)18/h4,6,9H,1-3,5,7-8H2,(H,17,18). The number of rotatable bonds is 5. The average Bonchev–Trinajstić information content (AvgIpc) is 2.96. The lowest BCUT2D eigenvalue weighted by Crippen LogP contribution is -2.32. The third kappa shape index (κ3) is 3.28. The molecule has 1 unspecified atom stereocenters. The van der Waals surface area contributed by atoms with Crippen molar-refractivity contribution in [1.82, 2.24) is 19.9 Å². The minimum Gasteiger partial charge on any atom is -0.481 e. The number of aromatic nitrogens is 3. The normalized spacial score (nSPS) is 19.1. The molecule has 1 atom stereocenters. The summed E-state index contributed by atoms with van der Waals surface area (Å²) in [4.78, 5) is 24.2. The van der Waals surface area contributed by atoms with E-state index in [9.17, 15) is 9.59 Å². The van der Waals surface area contributed by atoms with E-state index in [0.717, 1.165) is 6.42 Å². The molecule has 1 fully saturated rings. The zero-order valence-electron chi connectivity index (χ0n) is 10.0. The largest absolute Gasteiger partial charge is 0.481 e. The van der Waals surface area contributed by atoms with Crippen LogP contribution >= 0.6 is 0 Å². The van der Waals surface area contributed by atoms with Gasteiger partial charge in [0.15, 0.2) is 0 Å². The van der Waals surface area contributed by atoms with Crippen molar-refractivity contribution in [2.45, 2.75) is 25.8 Å². The van der Waals surface area contributed by atoms with Crippen molar-refractivity contribution in [2.75, 3.05) is 13.1 Å². The van der Waals surface area contributed by atoms with Crippen molar-refractivity contribution in [3.8, 4) is 0 Å². The highest BCUT2D eigenvalue weighted by Gasteiger charge is 2.26. The van der Waals surface area contributed by atoms with Gasteiger partial charge in [-0.1, -0.05) is 5.21 Å². The zero-order valence-corrected chi connectivity index (χ0v) is 10.0. The van der Waals surface area contributed by atoms with Gasteiger partial charge in [-0.25, -0.2) is 4.68 Å². The molecule has 1 saturated heterocycles. The SMILES string of the molecule is O=C(O)CCC1CCN(C(=O)Cn2ccnn2)C1. The Morgan fingerprint density at radius 1 is 1.44 bits per heavy atom. The summed E-state index contributed by atoms with van der Waals surface area (Å²) in [6, 6.07) is 0. The number of likely N-dealkylation sites (tertiary alicyclic amines) is 1. The number of carboxylic acid groups (broad SMARTS) is 1. The van der Waals surface area contributed by atoms with Gasteiger partial charge in [0.25, 0.3) is 0 Å². The molecular formula is C11H16N4O3. The second-order valence-corrected chi connectivity index (χ2v) is 4.53. The topological polar surface area (TPSA) is 88.3 Å². The number of hydrogen-bond donors (Lipinski definition) is 1. The molecule has 0 spiro atoms. The van der Waals surface area contributed by atoms with Gasteiger partial charge in [-0.15, -0.1) is 5.10 Å². The Hall–Kier alpha value is -1.92. The van der Waals surface area contributed by atoms with Crippen LogP contribution in [-0.4, -0.2) is 50.0 Å². The van der Waals surface area contributed by atoms with Crippen LogP contribution in [0.1, 0.15) is 19.3 Å². The fourth-order valence-corrected chi connectivity index (χ4v) is 2.18. The van der Waals surface area contributed by atoms with E-state index < -0.39 is 5.97 Å². The Labute approximate surface area is 104 Å².